The second kappa shape index (κ2) is 4.73. The predicted octanol–water partition coefficient (Wildman–Crippen LogP) is 4.60. The van der Waals surface area contributed by atoms with Crippen molar-refractivity contribution in [3.05, 3.63) is 65.7 Å². The van der Waals surface area contributed by atoms with Gasteiger partial charge in [0.25, 0.3) is 0 Å². The number of nitrogens with zero attached hydrogens (tertiary/aromatic N) is 1. The Morgan fingerprint density at radius 1 is 0.789 bits per heavy atom. The zero-order valence-electron chi connectivity index (χ0n) is 11.1. The van der Waals surface area contributed by atoms with E-state index in [-0.39, 0.29) is 0 Å². The lowest BCUT2D eigenvalue weighted by atomic mass is 10.1. The van der Waals surface area contributed by atoms with Crippen molar-refractivity contribution >= 4 is 22.4 Å². The van der Waals surface area contributed by atoms with E-state index in [0.29, 0.717) is 0 Å². The van der Waals surface area contributed by atoms with Gasteiger partial charge < -0.3 is 5.32 Å². The highest BCUT2D eigenvalue weighted by molar-refractivity contribution is 5.81. The van der Waals surface area contributed by atoms with Crippen LogP contribution in [-0.4, -0.2) is 4.98 Å². The summed E-state index contributed by atoms with van der Waals surface area (Å²) in [7, 11) is 0. The van der Waals surface area contributed by atoms with Crippen LogP contribution in [-0.2, 0) is 0 Å². The Labute approximate surface area is 113 Å². The molecule has 0 spiro atoms. The minimum Gasteiger partial charge on any atom is -0.340 e. The second-order valence-corrected chi connectivity index (χ2v) is 4.88. The number of pyridine rings is 1. The van der Waals surface area contributed by atoms with Gasteiger partial charge in [0, 0.05) is 11.1 Å². The first-order chi connectivity index (χ1) is 9.20. The standard InChI is InChI=1S/C17H16N2/c1-12-3-7-15(8-4-12)18-17-10-6-14-11-13(2)5-9-16(14)19-17/h3-11H,1-2H3,(H,18,19). The largest absolute Gasteiger partial charge is 0.340 e. The summed E-state index contributed by atoms with van der Waals surface area (Å²) in [5.41, 5.74) is 4.59. The van der Waals surface area contributed by atoms with E-state index in [2.05, 4.69) is 72.7 Å². The highest BCUT2D eigenvalue weighted by Gasteiger charge is 1.99. The molecule has 0 saturated carbocycles. The molecule has 0 fully saturated rings. The lowest BCUT2D eigenvalue weighted by molar-refractivity contribution is 1.36. The molecule has 1 N–H and O–H groups in total. The van der Waals surface area contributed by atoms with Gasteiger partial charge >= 0.3 is 0 Å². The van der Waals surface area contributed by atoms with E-state index in [4.69, 9.17) is 0 Å². The fourth-order valence-electron chi connectivity index (χ4n) is 2.10. The molecule has 0 aliphatic carbocycles. The normalized spacial score (nSPS) is 10.6. The van der Waals surface area contributed by atoms with Crippen molar-refractivity contribution in [3.63, 3.8) is 0 Å². The monoisotopic (exact) mass is 248 g/mol. The Morgan fingerprint density at radius 3 is 2.32 bits per heavy atom. The van der Waals surface area contributed by atoms with E-state index in [0.717, 1.165) is 17.0 Å². The molecule has 0 bridgehead atoms. The fraction of sp³-hybridized carbons (Fsp3) is 0.118. The molecule has 1 heterocycles. The molecule has 94 valence electrons. The van der Waals surface area contributed by atoms with Crippen molar-refractivity contribution < 1.29 is 0 Å². The number of fused-ring (bicyclic) bond motifs is 1. The third kappa shape index (κ3) is 2.58. The Morgan fingerprint density at radius 2 is 1.53 bits per heavy atom. The summed E-state index contributed by atoms with van der Waals surface area (Å²) in [6.45, 7) is 4.18. The van der Waals surface area contributed by atoms with Crippen molar-refractivity contribution in [2.75, 3.05) is 5.32 Å². The molecule has 0 aliphatic heterocycles. The molecular formula is C17H16N2. The molecular weight excluding hydrogens is 232 g/mol. The van der Waals surface area contributed by atoms with Crippen LogP contribution in [0.15, 0.2) is 54.6 Å². The van der Waals surface area contributed by atoms with Crippen LogP contribution in [0.1, 0.15) is 11.1 Å². The van der Waals surface area contributed by atoms with Gasteiger partial charge in [0.15, 0.2) is 0 Å². The molecule has 0 aliphatic rings. The molecule has 0 radical (unpaired) electrons. The predicted molar refractivity (Wildman–Crippen MR) is 80.9 cm³/mol. The Kier molecular flexibility index (Phi) is 2.92. The molecule has 0 atom stereocenters. The zero-order valence-corrected chi connectivity index (χ0v) is 11.1. The number of anilines is 2. The van der Waals surface area contributed by atoms with E-state index in [1.807, 2.05) is 6.07 Å². The van der Waals surface area contributed by atoms with Crippen LogP contribution in [0.25, 0.3) is 10.9 Å². The minimum absolute atomic E-state index is 0.875. The van der Waals surface area contributed by atoms with Crippen LogP contribution in [0, 0.1) is 13.8 Å². The summed E-state index contributed by atoms with van der Waals surface area (Å²) in [5.74, 6) is 0.875. The number of benzene rings is 2. The van der Waals surface area contributed by atoms with E-state index in [1.54, 1.807) is 0 Å². The Bertz CT molecular complexity index is 715. The van der Waals surface area contributed by atoms with Crippen molar-refractivity contribution in [3.8, 4) is 0 Å². The summed E-state index contributed by atoms with van der Waals surface area (Å²) in [6.07, 6.45) is 0. The number of aromatic nitrogens is 1. The summed E-state index contributed by atoms with van der Waals surface area (Å²) in [5, 5.41) is 4.50. The van der Waals surface area contributed by atoms with Gasteiger partial charge in [0.05, 0.1) is 5.52 Å². The van der Waals surface area contributed by atoms with Gasteiger partial charge in [-0.25, -0.2) is 4.98 Å². The van der Waals surface area contributed by atoms with Crippen molar-refractivity contribution in [2.45, 2.75) is 13.8 Å². The van der Waals surface area contributed by atoms with Crippen LogP contribution in [0.4, 0.5) is 11.5 Å². The van der Waals surface area contributed by atoms with Gasteiger partial charge in [-0.2, -0.15) is 0 Å². The number of nitrogens with one attached hydrogen (secondary N) is 1. The van der Waals surface area contributed by atoms with Gasteiger partial charge in [-0.15, -0.1) is 0 Å². The van der Waals surface area contributed by atoms with Gasteiger partial charge in [0.1, 0.15) is 5.82 Å². The Hall–Kier alpha value is -2.35. The SMILES string of the molecule is Cc1ccc(Nc2ccc3cc(C)ccc3n2)cc1. The summed E-state index contributed by atoms with van der Waals surface area (Å²) >= 11 is 0. The number of aryl methyl sites for hydroxylation is 2. The maximum Gasteiger partial charge on any atom is 0.131 e. The highest BCUT2D eigenvalue weighted by atomic mass is 15.0. The van der Waals surface area contributed by atoms with Gasteiger partial charge in [0.2, 0.25) is 0 Å². The topological polar surface area (TPSA) is 24.9 Å². The smallest absolute Gasteiger partial charge is 0.131 e. The van der Waals surface area contributed by atoms with Gasteiger partial charge in [-0.05, 0) is 50.2 Å². The second-order valence-electron chi connectivity index (χ2n) is 4.88. The molecule has 0 amide bonds. The number of rotatable bonds is 2. The molecule has 0 saturated heterocycles. The molecule has 3 aromatic rings. The first-order valence-corrected chi connectivity index (χ1v) is 6.42. The van der Waals surface area contributed by atoms with E-state index < -0.39 is 0 Å². The van der Waals surface area contributed by atoms with Crippen molar-refractivity contribution in [2.24, 2.45) is 0 Å². The average molecular weight is 248 g/mol. The lowest BCUT2D eigenvalue weighted by Gasteiger charge is -2.07. The third-order valence-electron chi connectivity index (χ3n) is 3.17. The van der Waals surface area contributed by atoms with E-state index >= 15 is 0 Å². The minimum atomic E-state index is 0.875. The van der Waals surface area contributed by atoms with Crippen LogP contribution in [0.3, 0.4) is 0 Å². The maximum absolute atomic E-state index is 4.62. The Balaban J connectivity index is 1.93. The van der Waals surface area contributed by atoms with E-state index in [1.165, 1.54) is 16.5 Å². The highest BCUT2D eigenvalue weighted by Crippen LogP contribution is 2.20. The molecule has 19 heavy (non-hydrogen) atoms. The van der Waals surface area contributed by atoms with Crippen LogP contribution in [0.5, 0.6) is 0 Å². The first-order valence-electron chi connectivity index (χ1n) is 6.42. The summed E-state index contributed by atoms with van der Waals surface area (Å²) < 4.78 is 0. The van der Waals surface area contributed by atoms with E-state index in [9.17, 15) is 0 Å². The number of hydrogen-bond acceptors (Lipinski definition) is 2. The summed E-state index contributed by atoms with van der Waals surface area (Å²) in [6, 6.07) is 18.7. The average Bonchev–Trinajstić information content (AvgIpc) is 2.42. The van der Waals surface area contributed by atoms with Crippen LogP contribution in [0.2, 0.25) is 0 Å². The summed E-state index contributed by atoms with van der Waals surface area (Å²) in [4.78, 5) is 4.62. The molecule has 2 heteroatoms. The molecule has 3 rings (SSSR count). The molecule has 1 aromatic heterocycles. The number of hydrogen-bond donors (Lipinski definition) is 1. The van der Waals surface area contributed by atoms with Crippen LogP contribution >= 0.6 is 0 Å². The van der Waals surface area contributed by atoms with Crippen molar-refractivity contribution in [1.29, 1.82) is 0 Å². The van der Waals surface area contributed by atoms with Gasteiger partial charge in [-0.1, -0.05) is 29.3 Å². The molecule has 2 aromatic carbocycles. The molecule has 2 nitrogen and oxygen atoms in total. The zero-order chi connectivity index (χ0) is 13.2. The van der Waals surface area contributed by atoms with Gasteiger partial charge in [-0.3, -0.25) is 0 Å². The quantitative estimate of drug-likeness (QED) is 0.717. The maximum atomic E-state index is 4.62. The molecule has 0 unspecified atom stereocenters. The lowest BCUT2D eigenvalue weighted by Crippen LogP contribution is -1.93. The third-order valence-corrected chi connectivity index (χ3v) is 3.17. The fourth-order valence-corrected chi connectivity index (χ4v) is 2.10. The van der Waals surface area contributed by atoms with Crippen LogP contribution < -0.4 is 5.32 Å². The first kappa shape index (κ1) is 11.7. The van der Waals surface area contributed by atoms with Crippen molar-refractivity contribution in [1.82, 2.24) is 4.98 Å².